The van der Waals surface area contributed by atoms with Crippen LogP contribution in [0.5, 0.6) is 0 Å². The zero-order valence-electron chi connectivity index (χ0n) is 12.8. The van der Waals surface area contributed by atoms with Gasteiger partial charge in [-0.1, -0.05) is 19.9 Å². The lowest BCUT2D eigenvalue weighted by Crippen LogP contribution is -2.36. The summed E-state index contributed by atoms with van der Waals surface area (Å²) in [6.07, 6.45) is 3.52. The Kier molecular flexibility index (Phi) is 5.79. The van der Waals surface area contributed by atoms with Gasteiger partial charge in [0.05, 0.1) is 4.88 Å². The van der Waals surface area contributed by atoms with Crippen molar-refractivity contribution in [2.75, 3.05) is 13.1 Å². The van der Waals surface area contributed by atoms with Gasteiger partial charge in [0.25, 0.3) is 5.91 Å². The minimum absolute atomic E-state index is 0.0429. The van der Waals surface area contributed by atoms with E-state index in [2.05, 4.69) is 19.2 Å². The third-order valence-electron chi connectivity index (χ3n) is 3.47. The summed E-state index contributed by atoms with van der Waals surface area (Å²) in [4.78, 5) is 26.8. The second-order valence-electron chi connectivity index (χ2n) is 6.01. The van der Waals surface area contributed by atoms with Crippen molar-refractivity contribution in [2.45, 2.75) is 45.6 Å². The predicted octanol–water partition coefficient (Wildman–Crippen LogP) is 2.91. The molecule has 2 rings (SSSR count). The Morgan fingerprint density at radius 3 is 2.76 bits per heavy atom. The van der Waals surface area contributed by atoms with E-state index in [-0.39, 0.29) is 11.8 Å². The Labute approximate surface area is 130 Å². The smallest absolute Gasteiger partial charge is 0.261 e. The van der Waals surface area contributed by atoms with E-state index in [9.17, 15) is 9.59 Å². The molecule has 1 fully saturated rings. The van der Waals surface area contributed by atoms with Crippen molar-refractivity contribution >= 4 is 23.2 Å². The van der Waals surface area contributed by atoms with Crippen molar-refractivity contribution in [3.63, 3.8) is 0 Å². The Morgan fingerprint density at radius 1 is 1.43 bits per heavy atom. The molecule has 1 aromatic heterocycles. The summed E-state index contributed by atoms with van der Waals surface area (Å²) in [6, 6.07) is 4.14. The number of amides is 2. The average Bonchev–Trinajstić information content (AvgIpc) is 3.13. The van der Waals surface area contributed by atoms with E-state index in [0.29, 0.717) is 31.3 Å². The van der Waals surface area contributed by atoms with Gasteiger partial charge >= 0.3 is 0 Å². The monoisotopic (exact) mass is 308 g/mol. The second kappa shape index (κ2) is 7.59. The minimum Gasteiger partial charge on any atom is -0.351 e. The van der Waals surface area contributed by atoms with E-state index in [1.165, 1.54) is 11.3 Å². The molecule has 0 radical (unpaired) electrons. The van der Waals surface area contributed by atoms with Gasteiger partial charge in [-0.15, -0.1) is 11.3 Å². The largest absolute Gasteiger partial charge is 0.351 e. The van der Waals surface area contributed by atoms with Crippen molar-refractivity contribution < 1.29 is 9.59 Å². The number of thiophene rings is 1. The Morgan fingerprint density at radius 2 is 2.19 bits per heavy atom. The normalized spacial score (nSPS) is 14.2. The molecule has 1 aliphatic rings. The fourth-order valence-corrected chi connectivity index (χ4v) is 2.95. The molecule has 1 heterocycles. The van der Waals surface area contributed by atoms with Gasteiger partial charge in [-0.3, -0.25) is 9.59 Å². The number of hydrogen-bond acceptors (Lipinski definition) is 3. The molecule has 0 atom stereocenters. The number of carbonyl (C=O) groups excluding carboxylic acids is 2. The summed E-state index contributed by atoms with van der Waals surface area (Å²) in [6.45, 7) is 5.70. The molecule has 0 spiro atoms. The highest BCUT2D eigenvalue weighted by atomic mass is 32.1. The molecule has 2 amide bonds. The molecule has 116 valence electrons. The molecule has 0 saturated heterocycles. The van der Waals surface area contributed by atoms with Gasteiger partial charge in [-0.2, -0.15) is 0 Å². The van der Waals surface area contributed by atoms with Crippen LogP contribution in [0.15, 0.2) is 17.5 Å². The molecule has 0 bridgehead atoms. The summed E-state index contributed by atoms with van der Waals surface area (Å²) < 4.78 is 0. The summed E-state index contributed by atoms with van der Waals surface area (Å²) in [5.41, 5.74) is 0. The van der Waals surface area contributed by atoms with Gasteiger partial charge in [0.1, 0.15) is 0 Å². The molecular formula is C16H24N2O2S. The molecule has 5 heteroatoms. The first kappa shape index (κ1) is 16.0. The molecule has 0 unspecified atom stereocenters. The van der Waals surface area contributed by atoms with E-state index >= 15 is 0 Å². The van der Waals surface area contributed by atoms with Gasteiger partial charge in [-0.25, -0.2) is 0 Å². The first-order chi connectivity index (χ1) is 10.1. The maximum Gasteiger partial charge on any atom is 0.261 e. The highest BCUT2D eigenvalue weighted by molar-refractivity contribution is 7.12. The summed E-state index contributed by atoms with van der Waals surface area (Å²) in [5.74, 6) is 0.698. The molecule has 1 aliphatic carbocycles. The van der Waals surface area contributed by atoms with Crippen molar-refractivity contribution in [2.24, 2.45) is 5.92 Å². The Hall–Kier alpha value is -1.36. The molecule has 1 N–H and O–H groups in total. The maximum absolute atomic E-state index is 12.2. The van der Waals surface area contributed by atoms with E-state index < -0.39 is 0 Å². The maximum atomic E-state index is 12.2. The molecule has 1 aromatic rings. The number of hydrogen-bond donors (Lipinski definition) is 1. The van der Waals surface area contributed by atoms with Crippen molar-refractivity contribution in [3.05, 3.63) is 22.4 Å². The van der Waals surface area contributed by atoms with Gasteiger partial charge in [-0.05, 0) is 36.6 Å². The van der Waals surface area contributed by atoms with Crippen molar-refractivity contribution in [1.29, 1.82) is 0 Å². The van der Waals surface area contributed by atoms with Crippen LogP contribution in [0.4, 0.5) is 0 Å². The molecule has 1 saturated carbocycles. The SMILES string of the molecule is CC(C)CN(C(=O)CCCNC(=O)c1cccs1)C1CC1. The standard InChI is InChI=1S/C16H24N2O2S/c1-12(2)11-18(13-7-8-13)15(19)6-3-9-17-16(20)14-5-4-10-21-14/h4-5,10,12-13H,3,6-9,11H2,1-2H3,(H,17,20). The van der Waals surface area contributed by atoms with Crippen molar-refractivity contribution in [3.8, 4) is 0 Å². The van der Waals surface area contributed by atoms with Crippen LogP contribution in [-0.2, 0) is 4.79 Å². The summed E-state index contributed by atoms with van der Waals surface area (Å²) in [5, 5.41) is 4.75. The van der Waals surface area contributed by atoms with Crippen LogP contribution in [0.25, 0.3) is 0 Å². The van der Waals surface area contributed by atoms with Gasteiger partial charge in [0.2, 0.25) is 5.91 Å². The number of carbonyl (C=O) groups is 2. The molecule has 4 nitrogen and oxygen atoms in total. The predicted molar refractivity (Wildman–Crippen MR) is 85.5 cm³/mol. The van der Waals surface area contributed by atoms with Crippen LogP contribution in [-0.4, -0.2) is 35.8 Å². The highest BCUT2D eigenvalue weighted by Gasteiger charge is 2.32. The van der Waals surface area contributed by atoms with Gasteiger partial charge < -0.3 is 10.2 Å². The quantitative estimate of drug-likeness (QED) is 0.751. The Bertz CT molecular complexity index is 467. The summed E-state index contributed by atoms with van der Waals surface area (Å²) >= 11 is 1.43. The fraction of sp³-hybridized carbons (Fsp3) is 0.625. The zero-order valence-corrected chi connectivity index (χ0v) is 13.6. The topological polar surface area (TPSA) is 49.4 Å². The van der Waals surface area contributed by atoms with Crippen LogP contribution in [0.2, 0.25) is 0 Å². The van der Waals surface area contributed by atoms with E-state index in [4.69, 9.17) is 0 Å². The van der Waals surface area contributed by atoms with E-state index in [1.54, 1.807) is 0 Å². The number of rotatable bonds is 8. The first-order valence-corrected chi connectivity index (χ1v) is 8.57. The lowest BCUT2D eigenvalue weighted by molar-refractivity contribution is -0.132. The second-order valence-corrected chi connectivity index (χ2v) is 6.96. The van der Waals surface area contributed by atoms with Gasteiger partial charge in [0.15, 0.2) is 0 Å². The third kappa shape index (κ3) is 5.16. The van der Waals surface area contributed by atoms with Crippen LogP contribution in [0, 0.1) is 5.92 Å². The van der Waals surface area contributed by atoms with Crippen LogP contribution in [0.1, 0.15) is 49.2 Å². The summed E-state index contributed by atoms with van der Waals surface area (Å²) in [7, 11) is 0. The third-order valence-corrected chi connectivity index (χ3v) is 4.34. The van der Waals surface area contributed by atoms with E-state index in [1.807, 2.05) is 22.4 Å². The number of nitrogens with zero attached hydrogens (tertiary/aromatic N) is 1. The molecular weight excluding hydrogens is 284 g/mol. The molecule has 21 heavy (non-hydrogen) atoms. The zero-order chi connectivity index (χ0) is 15.2. The van der Waals surface area contributed by atoms with Crippen LogP contribution < -0.4 is 5.32 Å². The molecule has 0 aliphatic heterocycles. The molecule has 0 aromatic carbocycles. The minimum atomic E-state index is -0.0429. The van der Waals surface area contributed by atoms with Gasteiger partial charge in [0, 0.05) is 25.6 Å². The average molecular weight is 308 g/mol. The Balaban J connectivity index is 1.67. The van der Waals surface area contributed by atoms with Crippen LogP contribution in [0.3, 0.4) is 0 Å². The highest BCUT2D eigenvalue weighted by Crippen LogP contribution is 2.28. The van der Waals surface area contributed by atoms with Crippen molar-refractivity contribution in [1.82, 2.24) is 10.2 Å². The lowest BCUT2D eigenvalue weighted by atomic mass is 10.2. The lowest BCUT2D eigenvalue weighted by Gasteiger charge is -2.24. The fourth-order valence-electron chi connectivity index (χ4n) is 2.31. The van der Waals surface area contributed by atoms with E-state index in [0.717, 1.165) is 24.3 Å². The first-order valence-electron chi connectivity index (χ1n) is 7.69. The van der Waals surface area contributed by atoms with Crippen LogP contribution >= 0.6 is 11.3 Å². The number of nitrogens with one attached hydrogen (secondary N) is 1.